The summed E-state index contributed by atoms with van der Waals surface area (Å²) < 4.78 is 12.2. The maximum atomic E-state index is 6.26. The first-order valence-electron chi connectivity index (χ1n) is 6.34. The summed E-state index contributed by atoms with van der Waals surface area (Å²) in [4.78, 5) is 0. The molecule has 2 unspecified atom stereocenters. The summed E-state index contributed by atoms with van der Waals surface area (Å²) in [6.45, 7) is 7.68. The highest BCUT2D eigenvalue weighted by atomic mass is 16.7. The number of hydrogen-bond acceptors (Lipinski definition) is 2. The summed E-state index contributed by atoms with van der Waals surface area (Å²) >= 11 is 0. The van der Waals surface area contributed by atoms with Crippen molar-refractivity contribution in [1.29, 1.82) is 0 Å². The van der Waals surface area contributed by atoms with Gasteiger partial charge in [-0.2, -0.15) is 0 Å². The van der Waals surface area contributed by atoms with Gasteiger partial charge in [0.1, 0.15) is 0 Å². The Morgan fingerprint density at radius 1 is 1.07 bits per heavy atom. The summed E-state index contributed by atoms with van der Waals surface area (Å²) in [7, 11) is 0. The van der Waals surface area contributed by atoms with Crippen LogP contribution in [0.3, 0.4) is 0 Å². The second-order valence-corrected chi connectivity index (χ2v) is 6.08. The molecule has 0 radical (unpaired) electrons. The normalized spacial score (nSPS) is 38.2. The minimum absolute atomic E-state index is 0.214. The van der Waals surface area contributed by atoms with E-state index in [0.717, 1.165) is 19.4 Å². The van der Waals surface area contributed by atoms with Crippen LogP contribution >= 0.6 is 0 Å². The fourth-order valence-corrected chi connectivity index (χ4v) is 2.66. The number of hydrogen-bond donors (Lipinski definition) is 0. The van der Waals surface area contributed by atoms with Gasteiger partial charge in [0.25, 0.3) is 0 Å². The molecule has 2 heterocycles. The molecule has 1 spiro atoms. The number of ether oxygens (including phenoxy) is 2. The van der Waals surface area contributed by atoms with E-state index in [4.69, 9.17) is 9.47 Å². The highest BCUT2D eigenvalue weighted by molar-refractivity contribution is 4.85. The van der Waals surface area contributed by atoms with Gasteiger partial charge in [-0.05, 0) is 31.1 Å². The van der Waals surface area contributed by atoms with Crippen LogP contribution in [0.5, 0.6) is 0 Å². The van der Waals surface area contributed by atoms with E-state index in [1.807, 2.05) is 0 Å². The van der Waals surface area contributed by atoms with Gasteiger partial charge in [0.05, 0.1) is 12.7 Å². The van der Waals surface area contributed by atoms with Gasteiger partial charge in [0.15, 0.2) is 5.79 Å². The molecule has 15 heavy (non-hydrogen) atoms. The molecule has 2 atom stereocenters. The molecule has 2 fully saturated rings. The Kier molecular flexibility index (Phi) is 3.09. The van der Waals surface area contributed by atoms with Gasteiger partial charge in [0, 0.05) is 12.8 Å². The van der Waals surface area contributed by atoms with Crippen LogP contribution in [-0.4, -0.2) is 18.5 Å². The van der Waals surface area contributed by atoms with E-state index >= 15 is 0 Å². The third kappa shape index (κ3) is 2.54. The van der Waals surface area contributed by atoms with Crippen LogP contribution < -0.4 is 0 Å². The van der Waals surface area contributed by atoms with Gasteiger partial charge >= 0.3 is 0 Å². The van der Waals surface area contributed by atoms with Gasteiger partial charge < -0.3 is 9.47 Å². The van der Waals surface area contributed by atoms with Crippen molar-refractivity contribution in [3.63, 3.8) is 0 Å². The molecule has 2 saturated heterocycles. The van der Waals surface area contributed by atoms with Crippen LogP contribution in [0.2, 0.25) is 0 Å². The molecule has 2 rings (SSSR count). The Morgan fingerprint density at radius 2 is 1.80 bits per heavy atom. The first kappa shape index (κ1) is 11.4. The largest absolute Gasteiger partial charge is 0.350 e. The molecule has 2 aliphatic heterocycles. The van der Waals surface area contributed by atoms with E-state index in [1.165, 1.54) is 25.7 Å². The maximum absolute atomic E-state index is 6.26. The Labute approximate surface area is 93.3 Å². The highest BCUT2D eigenvalue weighted by Crippen LogP contribution is 2.41. The molecule has 0 aliphatic carbocycles. The third-order valence-corrected chi connectivity index (χ3v) is 3.66. The second-order valence-electron chi connectivity index (χ2n) is 6.08. The van der Waals surface area contributed by atoms with E-state index in [-0.39, 0.29) is 11.2 Å². The molecule has 0 bridgehead atoms. The van der Waals surface area contributed by atoms with Crippen LogP contribution in [0.25, 0.3) is 0 Å². The van der Waals surface area contributed by atoms with Gasteiger partial charge in [-0.1, -0.05) is 20.8 Å². The zero-order valence-corrected chi connectivity index (χ0v) is 10.3. The average Bonchev–Trinajstić information content (AvgIpc) is 2.18. The van der Waals surface area contributed by atoms with E-state index in [9.17, 15) is 0 Å². The van der Waals surface area contributed by atoms with Crippen LogP contribution in [-0.2, 0) is 9.47 Å². The van der Waals surface area contributed by atoms with Gasteiger partial charge in [-0.15, -0.1) is 0 Å². The van der Waals surface area contributed by atoms with Crippen LogP contribution in [0.15, 0.2) is 0 Å². The van der Waals surface area contributed by atoms with Crippen molar-refractivity contribution in [2.75, 3.05) is 6.61 Å². The molecular formula is C13H24O2. The first-order chi connectivity index (χ1) is 7.02. The maximum Gasteiger partial charge on any atom is 0.168 e. The lowest BCUT2D eigenvalue weighted by atomic mass is 9.82. The zero-order chi connectivity index (χ0) is 10.9. The van der Waals surface area contributed by atoms with Crippen molar-refractivity contribution >= 4 is 0 Å². The van der Waals surface area contributed by atoms with Gasteiger partial charge in [-0.3, -0.25) is 0 Å². The molecule has 2 heteroatoms. The molecule has 2 nitrogen and oxygen atoms in total. The van der Waals surface area contributed by atoms with E-state index in [0.29, 0.717) is 6.10 Å². The lowest BCUT2D eigenvalue weighted by Crippen LogP contribution is -2.48. The van der Waals surface area contributed by atoms with Crippen molar-refractivity contribution in [3.05, 3.63) is 0 Å². The van der Waals surface area contributed by atoms with E-state index in [1.54, 1.807) is 0 Å². The van der Waals surface area contributed by atoms with Crippen molar-refractivity contribution in [1.82, 2.24) is 0 Å². The molecule has 2 aliphatic rings. The average molecular weight is 212 g/mol. The first-order valence-corrected chi connectivity index (χ1v) is 6.34. The molecule has 0 saturated carbocycles. The predicted octanol–water partition coefficient (Wildman–Crippen LogP) is 3.50. The molecule has 0 amide bonds. The number of rotatable bonds is 0. The van der Waals surface area contributed by atoms with Gasteiger partial charge in [-0.25, -0.2) is 0 Å². The molecule has 0 aromatic heterocycles. The zero-order valence-electron chi connectivity index (χ0n) is 10.3. The summed E-state index contributed by atoms with van der Waals surface area (Å²) in [5.74, 6) is -0.214. The lowest BCUT2D eigenvalue weighted by molar-refractivity contribution is -0.308. The monoisotopic (exact) mass is 212 g/mol. The van der Waals surface area contributed by atoms with E-state index in [2.05, 4.69) is 20.8 Å². The topological polar surface area (TPSA) is 18.5 Å². The fraction of sp³-hybridized carbons (Fsp3) is 1.00. The van der Waals surface area contributed by atoms with Crippen molar-refractivity contribution in [2.45, 2.75) is 71.2 Å². The summed E-state index contributed by atoms with van der Waals surface area (Å²) in [6.07, 6.45) is 7.46. The van der Waals surface area contributed by atoms with E-state index < -0.39 is 0 Å². The Bertz CT molecular complexity index is 206. The molecular weight excluding hydrogens is 188 g/mol. The van der Waals surface area contributed by atoms with Crippen molar-refractivity contribution in [2.24, 2.45) is 5.41 Å². The summed E-state index contributed by atoms with van der Waals surface area (Å²) in [6, 6.07) is 0. The lowest BCUT2D eigenvalue weighted by Gasteiger charge is -2.47. The van der Waals surface area contributed by atoms with Crippen molar-refractivity contribution in [3.8, 4) is 0 Å². The summed E-state index contributed by atoms with van der Waals surface area (Å²) in [5.41, 5.74) is 0.244. The highest BCUT2D eigenvalue weighted by Gasteiger charge is 2.42. The fourth-order valence-electron chi connectivity index (χ4n) is 2.66. The van der Waals surface area contributed by atoms with Gasteiger partial charge in [0.2, 0.25) is 0 Å². The second kappa shape index (κ2) is 4.06. The van der Waals surface area contributed by atoms with Crippen LogP contribution in [0.1, 0.15) is 59.3 Å². The third-order valence-electron chi connectivity index (χ3n) is 3.66. The minimum atomic E-state index is -0.214. The molecule has 0 aromatic carbocycles. The smallest absolute Gasteiger partial charge is 0.168 e. The standard InChI is InChI=1S/C13H24O2/c1-12(2,3)11-7-6-9-13(15-11)8-4-5-10-14-13/h11H,4-10H2,1-3H3. The SMILES string of the molecule is CC(C)(C)C1CCCC2(CCCCO2)O1. The summed E-state index contributed by atoms with van der Waals surface area (Å²) in [5, 5.41) is 0. The Morgan fingerprint density at radius 3 is 2.40 bits per heavy atom. The molecule has 0 aromatic rings. The van der Waals surface area contributed by atoms with Crippen LogP contribution in [0.4, 0.5) is 0 Å². The minimum Gasteiger partial charge on any atom is -0.350 e. The van der Waals surface area contributed by atoms with Crippen molar-refractivity contribution < 1.29 is 9.47 Å². The quantitative estimate of drug-likeness (QED) is 0.612. The Balaban J connectivity index is 2.02. The van der Waals surface area contributed by atoms with Crippen LogP contribution in [0, 0.1) is 5.41 Å². The predicted molar refractivity (Wildman–Crippen MR) is 60.7 cm³/mol. The Hall–Kier alpha value is -0.0800. The molecule has 0 N–H and O–H groups in total. The molecule has 88 valence electrons.